The van der Waals surface area contributed by atoms with E-state index in [1.807, 2.05) is 17.7 Å². The van der Waals surface area contributed by atoms with Crippen molar-refractivity contribution < 1.29 is 17.9 Å². The zero-order chi connectivity index (χ0) is 18.3. The second kappa shape index (κ2) is 8.41. The van der Waals surface area contributed by atoms with Crippen molar-refractivity contribution in [3.63, 3.8) is 0 Å². The number of benzene rings is 1. The number of anilines is 1. The summed E-state index contributed by atoms with van der Waals surface area (Å²) in [6.45, 7) is 3.23. The van der Waals surface area contributed by atoms with Crippen molar-refractivity contribution in [3.05, 3.63) is 42.5 Å². The molecule has 6 nitrogen and oxygen atoms in total. The molecule has 136 valence electrons. The molecule has 1 heterocycles. The van der Waals surface area contributed by atoms with Gasteiger partial charge in [0, 0.05) is 25.5 Å². The second-order valence-electron chi connectivity index (χ2n) is 5.31. The Kier molecular flexibility index (Phi) is 6.26. The standard InChI is InChI=1S/C16H20F3N5O/c1-12-21-9-11-24(12)10-5-4-8-22-15(20)23-13-6-2-3-7-14(13)25-16(17,18)19/h2-3,6-7,9,11H,4-5,8,10H2,1H3,(H3,20,22,23). The number of aromatic nitrogens is 2. The molecule has 0 aliphatic carbocycles. The Morgan fingerprint density at radius 1 is 1.32 bits per heavy atom. The van der Waals surface area contributed by atoms with Crippen molar-refractivity contribution in [1.29, 1.82) is 0 Å². The Balaban J connectivity index is 1.82. The van der Waals surface area contributed by atoms with Gasteiger partial charge < -0.3 is 20.4 Å². The van der Waals surface area contributed by atoms with Crippen molar-refractivity contribution >= 4 is 11.6 Å². The molecule has 0 aliphatic rings. The van der Waals surface area contributed by atoms with Gasteiger partial charge in [0.1, 0.15) is 5.82 Å². The van der Waals surface area contributed by atoms with Gasteiger partial charge in [-0.3, -0.25) is 4.99 Å². The summed E-state index contributed by atoms with van der Waals surface area (Å²) >= 11 is 0. The van der Waals surface area contributed by atoms with Gasteiger partial charge in [-0.15, -0.1) is 13.2 Å². The number of halogens is 3. The molecule has 2 rings (SSSR count). The summed E-state index contributed by atoms with van der Waals surface area (Å²) in [7, 11) is 0. The van der Waals surface area contributed by atoms with Crippen molar-refractivity contribution in [1.82, 2.24) is 9.55 Å². The Hall–Kier alpha value is -2.71. The van der Waals surface area contributed by atoms with Crippen LogP contribution in [0.5, 0.6) is 5.75 Å². The highest BCUT2D eigenvalue weighted by atomic mass is 19.4. The predicted molar refractivity (Wildman–Crippen MR) is 89.4 cm³/mol. The van der Waals surface area contributed by atoms with Crippen molar-refractivity contribution in [3.8, 4) is 5.75 Å². The third kappa shape index (κ3) is 6.36. The molecule has 0 aliphatic heterocycles. The summed E-state index contributed by atoms with van der Waals surface area (Å²) in [5.74, 6) is 0.631. The zero-order valence-corrected chi connectivity index (χ0v) is 13.8. The van der Waals surface area contributed by atoms with E-state index in [9.17, 15) is 13.2 Å². The SMILES string of the molecule is Cc1nccn1CCCCN=C(N)Nc1ccccc1OC(F)(F)F. The van der Waals surface area contributed by atoms with Gasteiger partial charge >= 0.3 is 6.36 Å². The van der Waals surface area contributed by atoms with E-state index in [1.165, 1.54) is 18.2 Å². The van der Waals surface area contributed by atoms with Gasteiger partial charge in [-0.2, -0.15) is 0 Å². The maximum absolute atomic E-state index is 12.4. The van der Waals surface area contributed by atoms with E-state index in [1.54, 1.807) is 12.3 Å². The van der Waals surface area contributed by atoms with Crippen LogP contribution in [0.4, 0.5) is 18.9 Å². The number of rotatable bonds is 7. The van der Waals surface area contributed by atoms with Gasteiger partial charge in [-0.05, 0) is 31.9 Å². The summed E-state index contributed by atoms with van der Waals surface area (Å²) in [5, 5.41) is 2.63. The summed E-state index contributed by atoms with van der Waals surface area (Å²) in [6, 6.07) is 5.66. The highest BCUT2D eigenvalue weighted by Gasteiger charge is 2.32. The van der Waals surface area contributed by atoms with E-state index in [-0.39, 0.29) is 17.4 Å². The average Bonchev–Trinajstić information content (AvgIpc) is 2.93. The Labute approximate surface area is 143 Å². The number of para-hydroxylation sites is 2. The van der Waals surface area contributed by atoms with Crippen molar-refractivity contribution in [2.24, 2.45) is 10.7 Å². The van der Waals surface area contributed by atoms with Crippen LogP contribution in [0.2, 0.25) is 0 Å². The summed E-state index contributed by atoms with van der Waals surface area (Å²) in [4.78, 5) is 8.26. The number of nitrogens with one attached hydrogen (secondary N) is 1. The number of hydrogen-bond donors (Lipinski definition) is 2. The van der Waals surface area contributed by atoms with Gasteiger partial charge in [0.05, 0.1) is 5.69 Å². The quantitative estimate of drug-likeness (QED) is 0.454. The van der Waals surface area contributed by atoms with Crippen molar-refractivity contribution in [2.75, 3.05) is 11.9 Å². The zero-order valence-electron chi connectivity index (χ0n) is 13.8. The van der Waals surface area contributed by atoms with Crippen LogP contribution >= 0.6 is 0 Å². The van der Waals surface area contributed by atoms with Gasteiger partial charge in [0.15, 0.2) is 11.7 Å². The lowest BCUT2D eigenvalue weighted by Gasteiger charge is -2.14. The number of aryl methyl sites for hydroxylation is 2. The fourth-order valence-corrected chi connectivity index (χ4v) is 2.19. The van der Waals surface area contributed by atoms with Gasteiger partial charge in [-0.25, -0.2) is 4.98 Å². The fourth-order valence-electron chi connectivity index (χ4n) is 2.19. The fraction of sp³-hybridized carbons (Fsp3) is 0.375. The summed E-state index contributed by atoms with van der Waals surface area (Å²) < 4.78 is 43.1. The molecule has 0 bridgehead atoms. The number of nitrogens with two attached hydrogens (primary N) is 1. The normalized spacial score (nSPS) is 12.2. The lowest BCUT2D eigenvalue weighted by molar-refractivity contribution is -0.274. The van der Waals surface area contributed by atoms with Crippen LogP contribution in [-0.4, -0.2) is 28.4 Å². The summed E-state index contributed by atoms with van der Waals surface area (Å²) in [6.07, 6.45) is 0.569. The molecule has 0 amide bonds. The number of guanidine groups is 1. The van der Waals surface area contributed by atoms with E-state index < -0.39 is 6.36 Å². The highest BCUT2D eigenvalue weighted by molar-refractivity contribution is 5.93. The van der Waals surface area contributed by atoms with Crippen LogP contribution in [0.1, 0.15) is 18.7 Å². The molecule has 25 heavy (non-hydrogen) atoms. The molecule has 3 N–H and O–H groups in total. The smallest absolute Gasteiger partial charge is 0.404 e. The minimum absolute atomic E-state index is 0.0389. The molecule has 0 atom stereocenters. The molecule has 0 fully saturated rings. The van der Waals surface area contributed by atoms with E-state index in [2.05, 4.69) is 20.0 Å². The molecular formula is C16H20F3N5O. The second-order valence-corrected chi connectivity index (χ2v) is 5.31. The maximum atomic E-state index is 12.4. The van der Waals surface area contributed by atoms with Gasteiger partial charge in [0.25, 0.3) is 0 Å². The van der Waals surface area contributed by atoms with Crippen LogP contribution < -0.4 is 15.8 Å². The molecule has 2 aromatic rings. The first-order valence-corrected chi connectivity index (χ1v) is 7.74. The lowest BCUT2D eigenvalue weighted by atomic mass is 10.3. The highest BCUT2D eigenvalue weighted by Crippen LogP contribution is 2.29. The van der Waals surface area contributed by atoms with Crippen LogP contribution in [-0.2, 0) is 6.54 Å². The minimum Gasteiger partial charge on any atom is -0.404 e. The monoisotopic (exact) mass is 355 g/mol. The Bertz CT molecular complexity index is 712. The molecule has 0 saturated carbocycles. The minimum atomic E-state index is -4.77. The van der Waals surface area contributed by atoms with Crippen LogP contribution in [0, 0.1) is 6.92 Å². The van der Waals surface area contributed by atoms with Crippen LogP contribution in [0.3, 0.4) is 0 Å². The third-order valence-corrected chi connectivity index (χ3v) is 3.39. The van der Waals surface area contributed by atoms with Gasteiger partial charge in [0.2, 0.25) is 0 Å². The number of ether oxygens (including phenoxy) is 1. The molecule has 1 aromatic carbocycles. The molecule has 0 spiro atoms. The largest absolute Gasteiger partial charge is 0.573 e. The van der Waals surface area contributed by atoms with Crippen LogP contribution in [0.25, 0.3) is 0 Å². The molecule has 1 aromatic heterocycles. The number of hydrogen-bond acceptors (Lipinski definition) is 3. The summed E-state index contributed by atoms with van der Waals surface area (Å²) in [5.41, 5.74) is 5.83. The maximum Gasteiger partial charge on any atom is 0.573 e. The van der Waals surface area contributed by atoms with Crippen LogP contribution in [0.15, 0.2) is 41.7 Å². The van der Waals surface area contributed by atoms with Crippen molar-refractivity contribution in [2.45, 2.75) is 32.7 Å². The molecule has 0 radical (unpaired) electrons. The number of nitrogens with zero attached hydrogens (tertiary/aromatic N) is 3. The number of unbranched alkanes of at least 4 members (excludes halogenated alkanes) is 1. The predicted octanol–water partition coefficient (Wildman–Crippen LogP) is 3.30. The average molecular weight is 355 g/mol. The van der Waals surface area contributed by atoms with E-state index in [0.717, 1.165) is 25.2 Å². The number of aliphatic imine (C=N–C) groups is 1. The molecular weight excluding hydrogens is 335 g/mol. The first-order valence-electron chi connectivity index (χ1n) is 7.74. The Morgan fingerprint density at radius 3 is 2.76 bits per heavy atom. The molecule has 9 heteroatoms. The van der Waals surface area contributed by atoms with Gasteiger partial charge in [-0.1, -0.05) is 12.1 Å². The Morgan fingerprint density at radius 2 is 2.08 bits per heavy atom. The molecule has 0 saturated heterocycles. The first-order chi connectivity index (χ1) is 11.8. The van der Waals surface area contributed by atoms with E-state index >= 15 is 0 Å². The third-order valence-electron chi connectivity index (χ3n) is 3.39. The topological polar surface area (TPSA) is 77.5 Å². The molecule has 0 unspecified atom stereocenters. The lowest BCUT2D eigenvalue weighted by Crippen LogP contribution is -2.24. The number of alkyl halides is 3. The number of imidazole rings is 1. The van der Waals surface area contributed by atoms with E-state index in [0.29, 0.717) is 6.54 Å². The van der Waals surface area contributed by atoms with E-state index in [4.69, 9.17) is 5.73 Å². The first kappa shape index (κ1) is 18.6.